The molecule has 1 amide bonds. The molecule has 4 heterocycles. The van der Waals surface area contributed by atoms with Crippen molar-refractivity contribution in [3.8, 4) is 10.4 Å². The van der Waals surface area contributed by atoms with E-state index in [0.29, 0.717) is 12.6 Å². The number of hydrogen-bond donors (Lipinski definition) is 1. The number of amides is 1. The lowest BCUT2D eigenvalue weighted by atomic mass is 10.1. The van der Waals surface area contributed by atoms with E-state index in [0.717, 1.165) is 63.0 Å². The number of benzene rings is 1. The molecule has 32 heavy (non-hydrogen) atoms. The summed E-state index contributed by atoms with van der Waals surface area (Å²) in [6, 6.07) is 15.4. The number of aromatic nitrogens is 1. The highest BCUT2D eigenvalue weighted by Crippen LogP contribution is 2.36. The second-order valence-corrected chi connectivity index (χ2v) is 10.4. The summed E-state index contributed by atoms with van der Waals surface area (Å²) in [5.74, 6) is 1.07. The van der Waals surface area contributed by atoms with Crippen LogP contribution >= 0.6 is 22.9 Å². The predicted octanol–water partition coefficient (Wildman–Crippen LogP) is 5.00. The number of nitrogens with zero attached hydrogens (tertiary/aromatic N) is 3. The Labute approximate surface area is 197 Å². The highest BCUT2D eigenvalue weighted by atomic mass is 35.5. The zero-order chi connectivity index (χ0) is 21.7. The summed E-state index contributed by atoms with van der Waals surface area (Å²) in [4.78, 5) is 24.1. The maximum Gasteiger partial charge on any atom is 0.268 e. The molecule has 1 aromatic carbocycles. The number of hydrogen-bond acceptors (Lipinski definition) is 5. The van der Waals surface area contributed by atoms with E-state index in [9.17, 15) is 4.79 Å². The normalized spacial score (nSPS) is 20.7. The fourth-order valence-electron chi connectivity index (χ4n) is 4.67. The Balaban J connectivity index is 1.17. The van der Waals surface area contributed by atoms with Crippen molar-refractivity contribution in [2.45, 2.75) is 37.8 Å². The van der Waals surface area contributed by atoms with E-state index in [2.05, 4.69) is 22.3 Å². The van der Waals surface area contributed by atoms with E-state index in [1.807, 2.05) is 41.4 Å². The number of thiophene rings is 1. The largest absolute Gasteiger partial charge is 0.355 e. The van der Waals surface area contributed by atoms with E-state index in [-0.39, 0.29) is 5.91 Å². The average molecular weight is 465 g/mol. The van der Waals surface area contributed by atoms with Crippen LogP contribution in [0.1, 0.15) is 34.5 Å². The molecule has 7 heteroatoms. The van der Waals surface area contributed by atoms with Gasteiger partial charge in [0.2, 0.25) is 0 Å². The Hall–Kier alpha value is -2.41. The van der Waals surface area contributed by atoms with Crippen LogP contribution in [-0.4, -0.2) is 42.6 Å². The number of fused-ring (bicyclic) bond motifs is 1. The maximum absolute atomic E-state index is 13.3. The topological polar surface area (TPSA) is 48.5 Å². The molecule has 0 spiro atoms. The van der Waals surface area contributed by atoms with E-state index in [1.165, 1.54) is 19.3 Å². The van der Waals surface area contributed by atoms with Crippen LogP contribution in [-0.2, 0) is 6.42 Å². The van der Waals surface area contributed by atoms with Crippen molar-refractivity contribution in [2.75, 3.05) is 29.4 Å². The molecule has 1 saturated carbocycles. The highest BCUT2D eigenvalue weighted by Gasteiger charge is 2.31. The summed E-state index contributed by atoms with van der Waals surface area (Å²) in [6.07, 6.45) is 6.52. The lowest BCUT2D eigenvalue weighted by Gasteiger charge is -2.27. The lowest BCUT2D eigenvalue weighted by molar-refractivity contribution is 0.0985. The van der Waals surface area contributed by atoms with Crippen molar-refractivity contribution >= 4 is 40.4 Å². The average Bonchev–Trinajstić information content (AvgIpc) is 3.31. The molecule has 0 unspecified atom stereocenters. The zero-order valence-electron chi connectivity index (χ0n) is 17.8. The van der Waals surface area contributed by atoms with Gasteiger partial charge in [-0.15, -0.1) is 11.3 Å². The first-order chi connectivity index (χ1) is 15.6. The molecule has 2 aromatic heterocycles. The van der Waals surface area contributed by atoms with Gasteiger partial charge in [-0.05, 0) is 67.1 Å². The smallest absolute Gasteiger partial charge is 0.268 e. The van der Waals surface area contributed by atoms with Gasteiger partial charge in [0.05, 0.1) is 16.8 Å². The van der Waals surface area contributed by atoms with Gasteiger partial charge in [0.1, 0.15) is 5.82 Å². The number of carbonyl (C=O) groups excluding carboxylic acids is 1. The van der Waals surface area contributed by atoms with E-state index >= 15 is 0 Å². The van der Waals surface area contributed by atoms with Gasteiger partial charge in [0, 0.05) is 41.6 Å². The molecule has 0 bridgehead atoms. The molecule has 2 aliphatic heterocycles. The first kappa shape index (κ1) is 20.2. The van der Waals surface area contributed by atoms with Gasteiger partial charge in [-0.2, -0.15) is 0 Å². The molecule has 164 valence electrons. The highest BCUT2D eigenvalue weighted by molar-refractivity contribution is 7.17. The minimum absolute atomic E-state index is 0.0703. The second-order valence-electron chi connectivity index (χ2n) is 8.93. The third-order valence-corrected chi connectivity index (χ3v) is 8.05. The Morgan fingerprint density at radius 1 is 1.03 bits per heavy atom. The monoisotopic (exact) mass is 464 g/mol. The minimum Gasteiger partial charge on any atom is -0.355 e. The fourth-order valence-corrected chi connectivity index (χ4v) is 5.96. The SMILES string of the molecule is O=C1c2sc(-c3ccc(Cl)cc3)cc2CCN1c1ccc(N2CC[C@@H](NC3CC3)C2)nc1. The zero-order valence-corrected chi connectivity index (χ0v) is 19.3. The van der Waals surface area contributed by atoms with Crippen LogP contribution < -0.4 is 15.1 Å². The van der Waals surface area contributed by atoms with Crippen molar-refractivity contribution in [1.29, 1.82) is 0 Å². The van der Waals surface area contributed by atoms with Crippen LogP contribution in [0.3, 0.4) is 0 Å². The number of carbonyl (C=O) groups is 1. The number of nitrogens with one attached hydrogen (secondary N) is 1. The molecular weight excluding hydrogens is 440 g/mol. The summed E-state index contributed by atoms with van der Waals surface area (Å²) in [5, 5.41) is 4.44. The van der Waals surface area contributed by atoms with Crippen LogP contribution in [0.25, 0.3) is 10.4 Å². The van der Waals surface area contributed by atoms with Crippen molar-refractivity contribution < 1.29 is 4.79 Å². The van der Waals surface area contributed by atoms with Gasteiger partial charge in [0.25, 0.3) is 5.91 Å². The maximum atomic E-state index is 13.3. The Morgan fingerprint density at radius 2 is 1.88 bits per heavy atom. The van der Waals surface area contributed by atoms with Gasteiger partial charge in [0.15, 0.2) is 0 Å². The Kier molecular flexibility index (Phi) is 5.17. The van der Waals surface area contributed by atoms with Crippen molar-refractivity contribution in [1.82, 2.24) is 10.3 Å². The molecule has 3 aromatic rings. The Morgan fingerprint density at radius 3 is 2.62 bits per heavy atom. The van der Waals surface area contributed by atoms with E-state index in [1.54, 1.807) is 11.3 Å². The van der Waals surface area contributed by atoms with Crippen molar-refractivity contribution in [2.24, 2.45) is 0 Å². The number of rotatable bonds is 5. The molecule has 1 N–H and O–H groups in total. The summed E-state index contributed by atoms with van der Waals surface area (Å²) in [6.45, 7) is 2.73. The van der Waals surface area contributed by atoms with Gasteiger partial charge in [-0.1, -0.05) is 23.7 Å². The molecule has 3 aliphatic rings. The molecular formula is C25H25ClN4OS. The summed E-state index contributed by atoms with van der Waals surface area (Å²) in [5.41, 5.74) is 3.11. The van der Waals surface area contributed by atoms with Gasteiger partial charge in [-0.25, -0.2) is 4.98 Å². The molecule has 6 rings (SSSR count). The van der Waals surface area contributed by atoms with Crippen molar-refractivity contribution in [3.63, 3.8) is 0 Å². The molecule has 2 fully saturated rings. The number of halogens is 1. The van der Waals surface area contributed by atoms with Crippen LogP contribution in [0.2, 0.25) is 5.02 Å². The van der Waals surface area contributed by atoms with Crippen LogP contribution in [0.4, 0.5) is 11.5 Å². The van der Waals surface area contributed by atoms with E-state index < -0.39 is 0 Å². The van der Waals surface area contributed by atoms with Gasteiger partial charge < -0.3 is 15.1 Å². The fraction of sp³-hybridized carbons (Fsp3) is 0.360. The quantitative estimate of drug-likeness (QED) is 0.577. The summed E-state index contributed by atoms with van der Waals surface area (Å²) < 4.78 is 0. The summed E-state index contributed by atoms with van der Waals surface area (Å²) >= 11 is 7.59. The minimum atomic E-state index is 0.0703. The second kappa shape index (κ2) is 8.18. The number of anilines is 2. The molecule has 1 atom stereocenters. The first-order valence-electron chi connectivity index (χ1n) is 11.3. The lowest BCUT2D eigenvalue weighted by Crippen LogP contribution is -2.36. The third-order valence-electron chi connectivity index (χ3n) is 6.59. The van der Waals surface area contributed by atoms with E-state index in [4.69, 9.17) is 16.6 Å². The van der Waals surface area contributed by atoms with Gasteiger partial charge in [-0.3, -0.25) is 4.79 Å². The predicted molar refractivity (Wildman–Crippen MR) is 131 cm³/mol. The molecule has 1 saturated heterocycles. The first-order valence-corrected chi connectivity index (χ1v) is 12.5. The standard InChI is InChI=1S/C25H25ClN4OS/c26-18-3-1-16(2-4-18)22-13-17-9-12-30(25(31)24(17)32-22)21-7-8-23(27-14-21)29-11-10-20(15-29)28-19-5-6-19/h1-4,7-8,13-14,19-20,28H,5-6,9-12,15H2/t20-/m1/s1. The van der Waals surface area contributed by atoms with Crippen molar-refractivity contribution in [3.05, 3.63) is 64.1 Å². The number of pyridine rings is 1. The molecule has 0 radical (unpaired) electrons. The molecule has 5 nitrogen and oxygen atoms in total. The van der Waals surface area contributed by atoms with Crippen LogP contribution in [0.15, 0.2) is 48.7 Å². The third kappa shape index (κ3) is 3.91. The Bertz CT molecular complexity index is 1140. The summed E-state index contributed by atoms with van der Waals surface area (Å²) in [7, 11) is 0. The van der Waals surface area contributed by atoms with Crippen LogP contribution in [0.5, 0.6) is 0 Å². The molecule has 1 aliphatic carbocycles. The van der Waals surface area contributed by atoms with Gasteiger partial charge >= 0.3 is 0 Å². The van der Waals surface area contributed by atoms with Crippen LogP contribution in [0, 0.1) is 0 Å².